The molecule has 11 heteroatoms. The number of thiazole rings is 1. The van der Waals surface area contributed by atoms with E-state index in [1.54, 1.807) is 6.92 Å². The molecule has 1 aromatic heterocycles. The zero-order valence-corrected chi connectivity index (χ0v) is 32.1. The Morgan fingerprint density at radius 1 is 0.906 bits per heavy atom. The number of hydrogen-bond donors (Lipinski definition) is 3. The molecule has 2 aromatic carbocycles. The van der Waals surface area contributed by atoms with Gasteiger partial charge in [-0.1, -0.05) is 44.0 Å². The Morgan fingerprint density at radius 2 is 1.66 bits per heavy atom. The maximum absolute atomic E-state index is 14.6. The topological polar surface area (TPSA) is 150 Å². The van der Waals surface area contributed by atoms with Crippen LogP contribution in [0.1, 0.15) is 99.7 Å². The predicted octanol–water partition coefficient (Wildman–Crippen LogP) is 6.41. The fourth-order valence-electron chi connectivity index (χ4n) is 8.38. The zero-order valence-electron chi connectivity index (χ0n) is 31.3. The first-order valence-corrected chi connectivity index (χ1v) is 20.5. The number of benzene rings is 2. The number of fused-ring (bicyclic) bond motifs is 2. The van der Waals surface area contributed by atoms with Gasteiger partial charge in [-0.15, -0.1) is 11.3 Å². The van der Waals surface area contributed by atoms with Gasteiger partial charge in [0, 0.05) is 56.8 Å². The highest BCUT2D eigenvalue weighted by Crippen LogP contribution is 2.36. The Balaban J connectivity index is 1.22. The highest BCUT2D eigenvalue weighted by atomic mass is 32.1. The minimum atomic E-state index is -0.782. The summed E-state index contributed by atoms with van der Waals surface area (Å²) in [4.78, 5) is 60.7. The molecule has 10 nitrogen and oxygen atoms in total. The van der Waals surface area contributed by atoms with E-state index in [1.165, 1.54) is 11.3 Å². The third kappa shape index (κ3) is 10.3. The van der Waals surface area contributed by atoms with Crippen molar-refractivity contribution in [2.45, 2.75) is 103 Å². The fourth-order valence-corrected chi connectivity index (χ4v) is 9.52. The highest BCUT2D eigenvalue weighted by Gasteiger charge is 2.38. The van der Waals surface area contributed by atoms with E-state index in [9.17, 15) is 19.2 Å². The molecule has 3 aliphatic rings. The molecule has 4 atom stereocenters. The molecule has 3 heterocycles. The number of carbonyl (C=O) groups excluding carboxylic acids is 4. The Kier molecular flexibility index (Phi) is 13.7. The first-order chi connectivity index (χ1) is 25.7. The van der Waals surface area contributed by atoms with Gasteiger partial charge in [0.25, 0.3) is 0 Å². The summed E-state index contributed by atoms with van der Waals surface area (Å²) >= 11 is 1.54. The number of nitrogens with two attached hydrogens (primary N) is 1. The average molecular weight is 745 g/mol. The lowest BCUT2D eigenvalue weighted by molar-refractivity contribution is -0.136. The lowest BCUT2D eigenvalue weighted by Crippen LogP contribution is -2.51. The van der Waals surface area contributed by atoms with E-state index in [0.29, 0.717) is 76.7 Å². The summed E-state index contributed by atoms with van der Waals surface area (Å²) in [5.41, 5.74) is 8.94. The molecular weight excluding hydrogens is 689 g/mol. The summed E-state index contributed by atoms with van der Waals surface area (Å²) in [5, 5.41) is 7.24. The van der Waals surface area contributed by atoms with Crippen molar-refractivity contribution in [3.8, 4) is 5.75 Å². The van der Waals surface area contributed by atoms with Crippen molar-refractivity contribution in [1.29, 1.82) is 0 Å². The number of aromatic nitrogens is 1. The molecule has 2 fully saturated rings. The molecule has 0 spiro atoms. The number of aryl methyl sites for hydroxylation is 1. The number of carbonyl (C=O) groups is 4. The fraction of sp³-hybridized carbons (Fsp3) is 0.595. The van der Waals surface area contributed by atoms with Crippen LogP contribution in [0.3, 0.4) is 0 Å². The second-order valence-corrected chi connectivity index (χ2v) is 16.6. The van der Waals surface area contributed by atoms with E-state index < -0.39 is 17.9 Å². The molecule has 6 rings (SSSR count). The van der Waals surface area contributed by atoms with Crippen LogP contribution in [-0.4, -0.2) is 60.8 Å². The molecule has 1 saturated heterocycles. The molecule has 2 amide bonds. The summed E-state index contributed by atoms with van der Waals surface area (Å²) in [6.45, 7) is 6.03. The molecule has 0 bridgehead atoms. The summed E-state index contributed by atoms with van der Waals surface area (Å²) in [5.74, 6) is -0.313. The van der Waals surface area contributed by atoms with E-state index in [1.807, 2.05) is 43.3 Å². The molecule has 53 heavy (non-hydrogen) atoms. The van der Waals surface area contributed by atoms with Gasteiger partial charge in [-0.05, 0) is 87.1 Å². The molecule has 3 aromatic rings. The van der Waals surface area contributed by atoms with Gasteiger partial charge in [-0.2, -0.15) is 0 Å². The molecule has 286 valence electrons. The van der Waals surface area contributed by atoms with E-state index in [-0.39, 0.29) is 48.2 Å². The average Bonchev–Trinajstić information content (AvgIpc) is 3.58. The van der Waals surface area contributed by atoms with Crippen molar-refractivity contribution in [3.63, 3.8) is 0 Å². The van der Waals surface area contributed by atoms with Crippen LogP contribution in [0.4, 0.5) is 0 Å². The standard InChI is InChI=1S/C42H56N4O6S/c1-3-32(47)22-31(24-39-44-35-13-8-26(2)20-38(35)53-39)42(50)46-40(29-14-17-51-18-15-29)36(48)23-30(21-27-9-11-28(25-43)12-10-27)41(49)45-34-16-19-52-37-7-5-4-6-33(34)37/h4-8,13,20,27-31,34,40H,3,9-12,14-19,21-25,43H2,1-2H3,(H,45,49)(H,46,50)/t27?,28?,30-,31+,34-,40+/m1/s1. The maximum Gasteiger partial charge on any atom is 0.224 e. The number of para-hydroxylation sites is 1. The van der Waals surface area contributed by atoms with E-state index >= 15 is 0 Å². The Labute approximate surface area is 317 Å². The van der Waals surface area contributed by atoms with Crippen LogP contribution in [0.2, 0.25) is 0 Å². The maximum atomic E-state index is 14.6. The van der Waals surface area contributed by atoms with E-state index in [2.05, 4.69) is 16.7 Å². The quantitative estimate of drug-likeness (QED) is 0.152. The number of ether oxygens (including phenoxy) is 2. The van der Waals surface area contributed by atoms with Gasteiger partial charge in [0.05, 0.1) is 39.8 Å². The molecule has 1 aliphatic carbocycles. The van der Waals surface area contributed by atoms with Crippen LogP contribution in [0.25, 0.3) is 10.2 Å². The summed E-state index contributed by atoms with van der Waals surface area (Å²) in [7, 11) is 0. The number of Topliss-reactive ketones (excluding diaryl/α,β-unsaturated/α-hetero) is 2. The molecule has 1 saturated carbocycles. The SMILES string of the molecule is CCC(=O)C[C@@H](Cc1nc2ccc(C)cc2s1)C(=O)N[C@H](C(=O)C[C@@H](CC1CCC(CN)CC1)C(=O)N[C@@H]1CCOc2ccccc21)C1CCOCC1. The van der Waals surface area contributed by atoms with Gasteiger partial charge in [-0.25, -0.2) is 4.98 Å². The van der Waals surface area contributed by atoms with E-state index in [0.717, 1.165) is 57.8 Å². The van der Waals surface area contributed by atoms with Gasteiger partial charge in [0.15, 0.2) is 5.78 Å². The third-order valence-electron chi connectivity index (χ3n) is 11.6. The molecular formula is C42H56N4O6S. The van der Waals surface area contributed by atoms with Crippen LogP contribution in [0, 0.1) is 36.5 Å². The van der Waals surface area contributed by atoms with Gasteiger partial charge in [-0.3, -0.25) is 19.2 Å². The van der Waals surface area contributed by atoms with Gasteiger partial charge in [0.1, 0.15) is 11.5 Å². The largest absolute Gasteiger partial charge is 0.493 e. The minimum absolute atomic E-state index is 0.00757. The molecule has 0 unspecified atom stereocenters. The number of amides is 2. The highest BCUT2D eigenvalue weighted by molar-refractivity contribution is 7.18. The number of nitrogens with one attached hydrogen (secondary N) is 2. The van der Waals surface area contributed by atoms with Gasteiger partial charge in [0.2, 0.25) is 11.8 Å². The summed E-state index contributed by atoms with van der Waals surface area (Å²) in [6, 6.07) is 12.9. The third-order valence-corrected chi connectivity index (χ3v) is 12.7. The Morgan fingerprint density at radius 3 is 2.42 bits per heavy atom. The first kappa shape index (κ1) is 39.0. The van der Waals surface area contributed by atoms with Crippen molar-refractivity contribution in [2.24, 2.45) is 35.3 Å². The van der Waals surface area contributed by atoms with Crippen LogP contribution in [-0.2, 0) is 30.3 Å². The smallest absolute Gasteiger partial charge is 0.224 e. The second kappa shape index (κ2) is 18.6. The van der Waals surface area contributed by atoms with Crippen LogP contribution >= 0.6 is 11.3 Å². The second-order valence-electron chi connectivity index (χ2n) is 15.5. The van der Waals surface area contributed by atoms with Crippen LogP contribution < -0.4 is 21.1 Å². The van der Waals surface area contributed by atoms with Gasteiger partial charge < -0.3 is 25.8 Å². The van der Waals surface area contributed by atoms with Crippen LogP contribution in [0.5, 0.6) is 5.75 Å². The van der Waals surface area contributed by atoms with Crippen molar-refractivity contribution >= 4 is 44.9 Å². The van der Waals surface area contributed by atoms with Crippen molar-refractivity contribution in [3.05, 3.63) is 58.6 Å². The lowest BCUT2D eigenvalue weighted by atomic mass is 9.76. The number of ketones is 2. The van der Waals surface area contributed by atoms with Crippen molar-refractivity contribution in [2.75, 3.05) is 26.4 Å². The summed E-state index contributed by atoms with van der Waals surface area (Å²) < 4.78 is 12.6. The summed E-state index contributed by atoms with van der Waals surface area (Å²) in [6.07, 6.45) is 7.30. The van der Waals surface area contributed by atoms with Crippen LogP contribution in [0.15, 0.2) is 42.5 Å². The molecule has 4 N–H and O–H groups in total. The molecule has 0 radical (unpaired) electrons. The first-order valence-electron chi connectivity index (χ1n) is 19.7. The normalized spacial score (nSPS) is 22.2. The minimum Gasteiger partial charge on any atom is -0.493 e. The lowest BCUT2D eigenvalue weighted by Gasteiger charge is -2.34. The van der Waals surface area contributed by atoms with E-state index in [4.69, 9.17) is 20.2 Å². The Hall–Kier alpha value is -3.67. The van der Waals surface area contributed by atoms with Crippen molar-refractivity contribution < 1.29 is 28.7 Å². The number of rotatable bonds is 16. The monoisotopic (exact) mass is 744 g/mol. The van der Waals surface area contributed by atoms with Crippen molar-refractivity contribution in [1.82, 2.24) is 15.6 Å². The number of nitrogens with zero attached hydrogens (tertiary/aromatic N) is 1. The van der Waals surface area contributed by atoms with Gasteiger partial charge >= 0.3 is 0 Å². The zero-order chi connectivity index (χ0) is 37.3. The Bertz CT molecular complexity index is 1730. The predicted molar refractivity (Wildman–Crippen MR) is 207 cm³/mol. The number of hydrogen-bond acceptors (Lipinski definition) is 9. The molecule has 2 aliphatic heterocycles.